The first-order valence-corrected chi connectivity index (χ1v) is 5.83. The van der Waals surface area contributed by atoms with E-state index in [4.69, 9.17) is 9.84 Å². The van der Waals surface area contributed by atoms with Crippen molar-refractivity contribution >= 4 is 5.69 Å². The molecule has 0 unspecified atom stereocenters. The zero-order valence-electron chi connectivity index (χ0n) is 10.7. The molecule has 0 aliphatic carbocycles. The molecule has 6 heteroatoms. The maximum absolute atomic E-state index is 13.2. The van der Waals surface area contributed by atoms with Gasteiger partial charge in [0.05, 0.1) is 11.5 Å². The number of rotatable bonds is 4. The van der Waals surface area contributed by atoms with Crippen LogP contribution in [0.3, 0.4) is 0 Å². The maximum atomic E-state index is 13.2. The number of hydrogen-bond donors (Lipinski definition) is 1. The van der Waals surface area contributed by atoms with Crippen molar-refractivity contribution in [3.8, 4) is 11.5 Å². The number of halogens is 1. The van der Waals surface area contributed by atoms with Gasteiger partial charge in [-0.2, -0.15) is 0 Å². The van der Waals surface area contributed by atoms with Crippen molar-refractivity contribution < 1.29 is 19.2 Å². The Labute approximate surface area is 114 Å². The molecule has 0 aliphatic heterocycles. The van der Waals surface area contributed by atoms with E-state index in [-0.39, 0.29) is 23.9 Å². The summed E-state index contributed by atoms with van der Waals surface area (Å²) in [5.41, 5.74) is 0.551. The van der Waals surface area contributed by atoms with Crippen LogP contribution < -0.4 is 4.74 Å². The number of benzene rings is 2. The third-order valence-corrected chi connectivity index (χ3v) is 2.76. The molecule has 0 spiro atoms. The fraction of sp³-hybridized carbons (Fsp3) is 0.143. The Balaban J connectivity index is 2.37. The molecule has 0 saturated carbocycles. The van der Waals surface area contributed by atoms with E-state index >= 15 is 0 Å². The van der Waals surface area contributed by atoms with Crippen LogP contribution in [0.25, 0.3) is 0 Å². The number of aryl methyl sites for hydroxylation is 1. The third kappa shape index (κ3) is 2.92. The normalized spacial score (nSPS) is 10.3. The molecular formula is C14H12FNO4. The summed E-state index contributed by atoms with van der Waals surface area (Å²) in [5, 5.41) is 20.0. The van der Waals surface area contributed by atoms with Crippen LogP contribution in [-0.2, 0) is 6.61 Å². The summed E-state index contributed by atoms with van der Waals surface area (Å²) in [7, 11) is 0. The number of aliphatic hydroxyl groups excluding tert-OH is 1. The van der Waals surface area contributed by atoms with Crippen LogP contribution in [0, 0.1) is 22.9 Å². The Morgan fingerprint density at radius 2 is 2.05 bits per heavy atom. The van der Waals surface area contributed by atoms with Gasteiger partial charge in [-0.25, -0.2) is 4.39 Å². The fourth-order valence-corrected chi connectivity index (χ4v) is 1.70. The van der Waals surface area contributed by atoms with Crippen LogP contribution in [-0.4, -0.2) is 10.0 Å². The van der Waals surface area contributed by atoms with E-state index in [0.29, 0.717) is 16.9 Å². The molecule has 0 aromatic heterocycles. The predicted molar refractivity (Wildman–Crippen MR) is 70.2 cm³/mol. The molecule has 104 valence electrons. The Bertz CT molecular complexity index is 658. The molecule has 2 aromatic rings. The lowest BCUT2D eigenvalue weighted by Crippen LogP contribution is -1.96. The second kappa shape index (κ2) is 5.66. The summed E-state index contributed by atoms with van der Waals surface area (Å²) in [6.45, 7) is 1.28. The van der Waals surface area contributed by atoms with Crippen LogP contribution in [0.4, 0.5) is 10.1 Å². The number of nitrogens with zero attached hydrogens (tertiary/aromatic N) is 1. The second-order valence-corrected chi connectivity index (χ2v) is 4.23. The molecule has 0 aliphatic rings. The topological polar surface area (TPSA) is 72.6 Å². The number of nitro benzene ring substituents is 1. The van der Waals surface area contributed by atoms with Crippen molar-refractivity contribution in [2.75, 3.05) is 0 Å². The van der Waals surface area contributed by atoms with E-state index in [2.05, 4.69) is 0 Å². The molecule has 0 saturated heterocycles. The highest BCUT2D eigenvalue weighted by Gasteiger charge is 2.17. The second-order valence-electron chi connectivity index (χ2n) is 4.23. The van der Waals surface area contributed by atoms with E-state index in [1.807, 2.05) is 0 Å². The summed E-state index contributed by atoms with van der Waals surface area (Å²) in [6, 6.07) is 8.26. The zero-order valence-corrected chi connectivity index (χ0v) is 10.7. The SMILES string of the molecule is Cc1cc(Oc2ccc(CO)cc2[N+](=O)[O-])ccc1F. The summed E-state index contributed by atoms with van der Waals surface area (Å²) < 4.78 is 18.6. The van der Waals surface area contributed by atoms with Gasteiger partial charge in [-0.15, -0.1) is 0 Å². The highest BCUT2D eigenvalue weighted by atomic mass is 19.1. The van der Waals surface area contributed by atoms with Gasteiger partial charge in [0.2, 0.25) is 5.75 Å². The zero-order chi connectivity index (χ0) is 14.7. The molecule has 5 nitrogen and oxygen atoms in total. The van der Waals surface area contributed by atoms with Crippen LogP contribution in [0.15, 0.2) is 36.4 Å². The van der Waals surface area contributed by atoms with Gasteiger partial charge < -0.3 is 9.84 Å². The molecule has 2 aromatic carbocycles. The highest BCUT2D eigenvalue weighted by molar-refractivity contribution is 5.50. The largest absolute Gasteiger partial charge is 0.450 e. The molecule has 0 amide bonds. The van der Waals surface area contributed by atoms with Gasteiger partial charge in [-0.1, -0.05) is 6.07 Å². The monoisotopic (exact) mass is 277 g/mol. The number of nitro groups is 1. The molecule has 2 rings (SSSR count). The minimum Gasteiger partial charge on any atom is -0.450 e. The standard InChI is InChI=1S/C14H12FNO4/c1-9-6-11(3-4-12(9)15)20-14-5-2-10(8-17)7-13(14)16(18)19/h2-7,17H,8H2,1H3. The average molecular weight is 277 g/mol. The van der Waals surface area contributed by atoms with Crippen LogP contribution in [0.1, 0.15) is 11.1 Å². The van der Waals surface area contributed by atoms with Gasteiger partial charge in [-0.3, -0.25) is 10.1 Å². The number of aliphatic hydroxyl groups is 1. The van der Waals surface area contributed by atoms with Crippen LogP contribution in [0.2, 0.25) is 0 Å². The van der Waals surface area contributed by atoms with Gasteiger partial charge in [-0.05, 0) is 42.3 Å². The number of hydrogen-bond acceptors (Lipinski definition) is 4. The van der Waals surface area contributed by atoms with Crippen LogP contribution >= 0.6 is 0 Å². The fourth-order valence-electron chi connectivity index (χ4n) is 1.70. The summed E-state index contributed by atoms with van der Waals surface area (Å²) in [4.78, 5) is 10.4. The van der Waals surface area contributed by atoms with E-state index in [1.165, 1.54) is 36.4 Å². The lowest BCUT2D eigenvalue weighted by molar-refractivity contribution is -0.385. The van der Waals surface area contributed by atoms with Gasteiger partial charge >= 0.3 is 5.69 Å². The number of ether oxygens (including phenoxy) is 1. The van der Waals surface area contributed by atoms with Crippen LogP contribution in [0.5, 0.6) is 11.5 Å². The Kier molecular flexibility index (Phi) is 3.95. The van der Waals surface area contributed by atoms with Gasteiger partial charge in [0.1, 0.15) is 11.6 Å². The van der Waals surface area contributed by atoms with E-state index in [9.17, 15) is 14.5 Å². The predicted octanol–water partition coefficient (Wildman–Crippen LogP) is 3.33. The van der Waals surface area contributed by atoms with E-state index in [1.54, 1.807) is 6.92 Å². The molecule has 0 fully saturated rings. The Hall–Kier alpha value is -2.47. The Morgan fingerprint density at radius 1 is 1.30 bits per heavy atom. The quantitative estimate of drug-likeness (QED) is 0.687. The van der Waals surface area contributed by atoms with Crippen molar-refractivity contribution in [2.24, 2.45) is 0 Å². The minimum absolute atomic E-state index is 0.0400. The molecule has 20 heavy (non-hydrogen) atoms. The van der Waals surface area contributed by atoms with Gasteiger partial charge in [0.15, 0.2) is 0 Å². The first kappa shape index (κ1) is 14.0. The third-order valence-electron chi connectivity index (χ3n) is 2.76. The first-order chi connectivity index (χ1) is 9.51. The Morgan fingerprint density at radius 3 is 2.65 bits per heavy atom. The lowest BCUT2D eigenvalue weighted by atomic mass is 10.2. The maximum Gasteiger partial charge on any atom is 0.311 e. The average Bonchev–Trinajstić information content (AvgIpc) is 2.43. The van der Waals surface area contributed by atoms with Crippen molar-refractivity contribution in [1.82, 2.24) is 0 Å². The van der Waals surface area contributed by atoms with Gasteiger partial charge in [0, 0.05) is 6.07 Å². The molecular weight excluding hydrogens is 265 g/mol. The van der Waals surface area contributed by atoms with Gasteiger partial charge in [0.25, 0.3) is 0 Å². The summed E-state index contributed by atoms with van der Waals surface area (Å²) in [6.07, 6.45) is 0. The van der Waals surface area contributed by atoms with Crippen molar-refractivity contribution in [3.63, 3.8) is 0 Å². The summed E-state index contributed by atoms with van der Waals surface area (Å²) in [5.74, 6) is -0.0237. The van der Waals surface area contributed by atoms with Crippen molar-refractivity contribution in [2.45, 2.75) is 13.5 Å². The lowest BCUT2D eigenvalue weighted by Gasteiger charge is -2.08. The van der Waals surface area contributed by atoms with E-state index < -0.39 is 4.92 Å². The van der Waals surface area contributed by atoms with Crippen molar-refractivity contribution in [1.29, 1.82) is 0 Å². The summed E-state index contributed by atoms with van der Waals surface area (Å²) >= 11 is 0. The minimum atomic E-state index is -0.592. The smallest absolute Gasteiger partial charge is 0.311 e. The molecule has 0 bridgehead atoms. The molecule has 1 N–H and O–H groups in total. The molecule has 0 radical (unpaired) electrons. The van der Waals surface area contributed by atoms with Crippen molar-refractivity contribution in [3.05, 3.63) is 63.5 Å². The molecule has 0 atom stereocenters. The van der Waals surface area contributed by atoms with E-state index in [0.717, 1.165) is 0 Å². The highest BCUT2D eigenvalue weighted by Crippen LogP contribution is 2.32. The molecule has 0 heterocycles. The first-order valence-electron chi connectivity index (χ1n) is 5.83.